The molecule has 4 rings (SSSR count). The number of rotatable bonds is 9. The second-order valence-electron chi connectivity index (χ2n) is 8.40. The molecule has 0 saturated carbocycles. The molecule has 35 heavy (non-hydrogen) atoms. The molecule has 0 saturated heterocycles. The first-order valence-corrected chi connectivity index (χ1v) is 11.5. The minimum atomic E-state index is -0.491. The Morgan fingerprint density at radius 2 is 1.49 bits per heavy atom. The average molecular weight is 478 g/mol. The zero-order valence-electron chi connectivity index (χ0n) is 20.5. The Hall–Kier alpha value is -3.71. The maximum absolute atomic E-state index is 13.6. The van der Waals surface area contributed by atoms with E-state index in [2.05, 4.69) is 0 Å². The summed E-state index contributed by atoms with van der Waals surface area (Å²) in [5, 5.41) is 10.4. The lowest BCUT2D eigenvalue weighted by molar-refractivity contribution is -0.138. The lowest BCUT2D eigenvalue weighted by atomic mass is 9.85. The van der Waals surface area contributed by atoms with Crippen LogP contribution in [-0.2, 0) is 17.6 Å². The zero-order valence-corrected chi connectivity index (χ0v) is 20.5. The van der Waals surface area contributed by atoms with Crippen LogP contribution in [0.1, 0.15) is 34.3 Å². The molecule has 1 aliphatic rings. The van der Waals surface area contributed by atoms with Crippen LogP contribution < -0.4 is 18.9 Å². The molecule has 3 aromatic rings. The summed E-state index contributed by atoms with van der Waals surface area (Å²) in [5.74, 6) is 2.38. The monoisotopic (exact) mass is 477 g/mol. The number of ether oxygens (including phenoxy) is 4. The Morgan fingerprint density at radius 1 is 0.857 bits per heavy atom. The number of amides is 1. The minimum absolute atomic E-state index is 0.0573. The van der Waals surface area contributed by atoms with Crippen LogP contribution in [0.2, 0.25) is 0 Å². The van der Waals surface area contributed by atoms with Gasteiger partial charge in [-0.3, -0.25) is 4.79 Å². The molecule has 1 N–H and O–H groups in total. The predicted octanol–water partition coefficient (Wildman–Crippen LogP) is 4.12. The van der Waals surface area contributed by atoms with Crippen molar-refractivity contribution < 1.29 is 28.8 Å². The standard InChI is InChI=1S/C28H31NO6/c1-32-24-11-10-18(13-25(24)33-2)12-22-21-16-27(35-4)26(34-3)14-20(21)15-28(31)29(22)23(17-30)19-8-6-5-7-9-19/h5-11,13-14,16,22-23,30H,12,15,17H2,1-4H3/t22-,23+/m0/s1. The first-order chi connectivity index (χ1) is 17.0. The highest BCUT2D eigenvalue weighted by molar-refractivity contribution is 5.83. The molecule has 1 amide bonds. The van der Waals surface area contributed by atoms with E-state index in [0.717, 1.165) is 22.3 Å². The van der Waals surface area contributed by atoms with Gasteiger partial charge in [-0.05, 0) is 52.9 Å². The number of aliphatic hydroxyl groups excluding tert-OH is 1. The van der Waals surface area contributed by atoms with Gasteiger partial charge in [0.05, 0.1) is 53.6 Å². The Kier molecular flexibility index (Phi) is 7.46. The quantitative estimate of drug-likeness (QED) is 0.500. The predicted molar refractivity (Wildman–Crippen MR) is 132 cm³/mol. The third-order valence-electron chi connectivity index (χ3n) is 6.54. The normalized spacial score (nSPS) is 15.9. The topological polar surface area (TPSA) is 77.5 Å². The van der Waals surface area contributed by atoms with Crippen LogP contribution in [0, 0.1) is 0 Å². The molecule has 7 heteroatoms. The summed E-state index contributed by atoms with van der Waals surface area (Å²) >= 11 is 0. The number of methoxy groups -OCH3 is 4. The van der Waals surface area contributed by atoms with Crippen molar-refractivity contribution in [2.45, 2.75) is 24.9 Å². The van der Waals surface area contributed by atoms with Crippen LogP contribution in [0.5, 0.6) is 23.0 Å². The van der Waals surface area contributed by atoms with Crippen LogP contribution in [0.4, 0.5) is 0 Å². The van der Waals surface area contributed by atoms with E-state index in [4.69, 9.17) is 18.9 Å². The first-order valence-electron chi connectivity index (χ1n) is 11.5. The van der Waals surface area contributed by atoms with Crippen molar-refractivity contribution in [1.29, 1.82) is 0 Å². The molecular weight excluding hydrogens is 446 g/mol. The lowest BCUT2D eigenvalue weighted by Crippen LogP contribution is -2.44. The van der Waals surface area contributed by atoms with Crippen molar-refractivity contribution in [2.75, 3.05) is 35.0 Å². The summed E-state index contributed by atoms with van der Waals surface area (Å²) in [4.78, 5) is 15.4. The van der Waals surface area contributed by atoms with Gasteiger partial charge in [0.1, 0.15) is 0 Å². The highest BCUT2D eigenvalue weighted by Gasteiger charge is 2.38. The van der Waals surface area contributed by atoms with Crippen LogP contribution in [0.3, 0.4) is 0 Å². The minimum Gasteiger partial charge on any atom is -0.493 e. The molecule has 3 aromatic carbocycles. The number of benzene rings is 3. The van der Waals surface area contributed by atoms with Crippen molar-refractivity contribution in [3.8, 4) is 23.0 Å². The van der Waals surface area contributed by atoms with Crippen molar-refractivity contribution in [2.24, 2.45) is 0 Å². The van der Waals surface area contributed by atoms with E-state index in [-0.39, 0.29) is 25.0 Å². The summed E-state index contributed by atoms with van der Waals surface area (Å²) < 4.78 is 22.0. The van der Waals surface area contributed by atoms with Gasteiger partial charge in [0.25, 0.3) is 0 Å². The van der Waals surface area contributed by atoms with E-state index < -0.39 is 6.04 Å². The molecule has 0 unspecified atom stereocenters. The maximum Gasteiger partial charge on any atom is 0.228 e. The second-order valence-corrected chi connectivity index (χ2v) is 8.40. The van der Waals surface area contributed by atoms with Crippen molar-refractivity contribution >= 4 is 5.91 Å². The molecule has 0 aliphatic carbocycles. The third-order valence-corrected chi connectivity index (χ3v) is 6.54. The molecule has 1 aliphatic heterocycles. The van der Waals surface area contributed by atoms with Gasteiger partial charge in [-0.15, -0.1) is 0 Å². The van der Waals surface area contributed by atoms with Crippen LogP contribution >= 0.6 is 0 Å². The summed E-state index contributed by atoms with van der Waals surface area (Å²) in [6, 6.07) is 18.4. The van der Waals surface area contributed by atoms with E-state index in [9.17, 15) is 9.90 Å². The molecule has 0 radical (unpaired) electrons. The highest BCUT2D eigenvalue weighted by Crippen LogP contribution is 2.43. The van der Waals surface area contributed by atoms with Crippen LogP contribution in [0.25, 0.3) is 0 Å². The van der Waals surface area contributed by atoms with E-state index in [1.54, 1.807) is 33.3 Å². The van der Waals surface area contributed by atoms with E-state index in [0.29, 0.717) is 29.4 Å². The summed E-state index contributed by atoms with van der Waals surface area (Å²) in [5.41, 5.74) is 3.70. The molecule has 0 bridgehead atoms. The van der Waals surface area contributed by atoms with Gasteiger partial charge in [-0.1, -0.05) is 36.4 Å². The third kappa shape index (κ3) is 4.77. The van der Waals surface area contributed by atoms with Gasteiger partial charge in [-0.2, -0.15) is 0 Å². The molecule has 2 atom stereocenters. The highest BCUT2D eigenvalue weighted by atomic mass is 16.5. The second kappa shape index (κ2) is 10.7. The molecule has 1 heterocycles. The van der Waals surface area contributed by atoms with Gasteiger partial charge in [0, 0.05) is 0 Å². The molecular formula is C28H31NO6. The van der Waals surface area contributed by atoms with Crippen molar-refractivity contribution in [3.05, 3.63) is 82.9 Å². The largest absolute Gasteiger partial charge is 0.493 e. The Morgan fingerprint density at radius 3 is 2.11 bits per heavy atom. The zero-order chi connectivity index (χ0) is 24.9. The number of hydrogen-bond donors (Lipinski definition) is 1. The average Bonchev–Trinajstić information content (AvgIpc) is 2.90. The fraction of sp³-hybridized carbons (Fsp3) is 0.321. The maximum atomic E-state index is 13.6. The molecule has 0 aromatic heterocycles. The number of fused-ring (bicyclic) bond motifs is 1. The number of nitrogens with zero attached hydrogens (tertiary/aromatic N) is 1. The lowest BCUT2D eigenvalue weighted by Gasteiger charge is -2.42. The van der Waals surface area contributed by atoms with E-state index in [1.807, 2.05) is 60.7 Å². The molecule has 0 fully saturated rings. The molecule has 0 spiro atoms. The van der Waals surface area contributed by atoms with Crippen LogP contribution in [0.15, 0.2) is 60.7 Å². The summed E-state index contributed by atoms with van der Waals surface area (Å²) in [7, 11) is 6.38. The molecule has 184 valence electrons. The number of carbonyl (C=O) groups excluding carboxylic acids is 1. The number of carbonyl (C=O) groups is 1. The summed E-state index contributed by atoms with van der Waals surface area (Å²) in [6.45, 7) is -0.194. The fourth-order valence-corrected chi connectivity index (χ4v) is 4.84. The van der Waals surface area contributed by atoms with Gasteiger partial charge in [0.2, 0.25) is 5.91 Å². The van der Waals surface area contributed by atoms with Gasteiger partial charge >= 0.3 is 0 Å². The van der Waals surface area contributed by atoms with Gasteiger partial charge in [0.15, 0.2) is 23.0 Å². The Bertz CT molecular complexity index is 1180. The number of hydrogen-bond acceptors (Lipinski definition) is 6. The Balaban J connectivity index is 1.85. The van der Waals surface area contributed by atoms with Crippen molar-refractivity contribution in [1.82, 2.24) is 4.90 Å². The fourth-order valence-electron chi connectivity index (χ4n) is 4.84. The SMILES string of the molecule is COc1ccc(C[C@H]2c3cc(OC)c(OC)cc3CC(=O)N2[C@H](CO)c2ccccc2)cc1OC. The number of aliphatic hydroxyl groups is 1. The first kappa shape index (κ1) is 24.4. The Labute approximate surface area is 205 Å². The van der Waals surface area contributed by atoms with Crippen molar-refractivity contribution in [3.63, 3.8) is 0 Å². The molecule has 7 nitrogen and oxygen atoms in total. The van der Waals surface area contributed by atoms with Crippen LogP contribution in [-0.4, -0.2) is 51.0 Å². The summed E-state index contributed by atoms with van der Waals surface area (Å²) in [6.07, 6.45) is 0.722. The smallest absolute Gasteiger partial charge is 0.228 e. The van der Waals surface area contributed by atoms with Gasteiger partial charge in [-0.25, -0.2) is 0 Å². The van der Waals surface area contributed by atoms with E-state index >= 15 is 0 Å². The van der Waals surface area contributed by atoms with Gasteiger partial charge < -0.3 is 29.0 Å². The van der Waals surface area contributed by atoms with E-state index in [1.165, 1.54) is 0 Å².